The van der Waals surface area contributed by atoms with Crippen molar-refractivity contribution in [1.82, 2.24) is 10.5 Å². The van der Waals surface area contributed by atoms with Gasteiger partial charge in [-0.2, -0.15) is 0 Å². The van der Waals surface area contributed by atoms with Crippen molar-refractivity contribution in [2.45, 2.75) is 40.2 Å². The van der Waals surface area contributed by atoms with Crippen LogP contribution in [0.4, 0.5) is 0 Å². The van der Waals surface area contributed by atoms with Gasteiger partial charge < -0.3 is 9.84 Å². The Balaban J connectivity index is 2.18. The summed E-state index contributed by atoms with van der Waals surface area (Å²) in [6.07, 6.45) is 1.71. The SMILES string of the molecule is Cc1ccccc1C(NC(=O)Cc1ccon1)C(C)(C)C. The van der Waals surface area contributed by atoms with Gasteiger partial charge in [-0.05, 0) is 23.5 Å². The summed E-state index contributed by atoms with van der Waals surface area (Å²) in [7, 11) is 0. The summed E-state index contributed by atoms with van der Waals surface area (Å²) in [5, 5.41) is 6.91. The van der Waals surface area contributed by atoms with Crippen molar-refractivity contribution < 1.29 is 9.32 Å². The molecular formula is C17H22N2O2. The highest BCUT2D eigenvalue weighted by Gasteiger charge is 2.28. The van der Waals surface area contributed by atoms with Gasteiger partial charge >= 0.3 is 0 Å². The molecule has 0 aliphatic rings. The molecule has 4 nitrogen and oxygen atoms in total. The molecule has 1 amide bonds. The molecule has 0 spiro atoms. The zero-order valence-corrected chi connectivity index (χ0v) is 13.0. The molecule has 1 aromatic carbocycles. The predicted molar refractivity (Wildman–Crippen MR) is 81.7 cm³/mol. The van der Waals surface area contributed by atoms with Crippen LogP contribution in [0.2, 0.25) is 0 Å². The summed E-state index contributed by atoms with van der Waals surface area (Å²) in [5.74, 6) is -0.0490. The van der Waals surface area contributed by atoms with Crippen LogP contribution in [-0.4, -0.2) is 11.1 Å². The Morgan fingerprint density at radius 2 is 2.00 bits per heavy atom. The van der Waals surface area contributed by atoms with E-state index in [-0.39, 0.29) is 23.8 Å². The minimum atomic E-state index is -0.0778. The zero-order valence-electron chi connectivity index (χ0n) is 13.0. The lowest BCUT2D eigenvalue weighted by molar-refractivity contribution is -0.122. The molecule has 4 heteroatoms. The Bertz CT molecular complexity index is 598. The van der Waals surface area contributed by atoms with E-state index in [2.05, 4.69) is 50.3 Å². The summed E-state index contributed by atoms with van der Waals surface area (Å²) >= 11 is 0. The number of nitrogens with one attached hydrogen (secondary N) is 1. The number of hydrogen-bond donors (Lipinski definition) is 1. The maximum atomic E-state index is 12.3. The van der Waals surface area contributed by atoms with E-state index in [0.717, 1.165) is 5.56 Å². The first-order valence-corrected chi connectivity index (χ1v) is 7.12. The highest BCUT2D eigenvalue weighted by Crippen LogP contribution is 2.34. The van der Waals surface area contributed by atoms with E-state index in [9.17, 15) is 4.79 Å². The largest absolute Gasteiger partial charge is 0.364 e. The van der Waals surface area contributed by atoms with Gasteiger partial charge in [-0.25, -0.2) is 0 Å². The average Bonchev–Trinajstić information content (AvgIpc) is 2.88. The monoisotopic (exact) mass is 286 g/mol. The molecule has 0 bridgehead atoms. The fourth-order valence-corrected chi connectivity index (χ4v) is 2.38. The van der Waals surface area contributed by atoms with Gasteiger partial charge in [-0.3, -0.25) is 4.79 Å². The topological polar surface area (TPSA) is 55.1 Å². The van der Waals surface area contributed by atoms with Crippen LogP contribution in [-0.2, 0) is 11.2 Å². The minimum absolute atomic E-state index is 0.0434. The van der Waals surface area contributed by atoms with Gasteiger partial charge in [0.25, 0.3) is 0 Å². The Kier molecular flexibility index (Phi) is 4.46. The Morgan fingerprint density at radius 3 is 2.57 bits per heavy atom. The number of aryl methyl sites for hydroxylation is 1. The third-order valence-electron chi connectivity index (χ3n) is 3.50. The first-order valence-electron chi connectivity index (χ1n) is 7.12. The van der Waals surface area contributed by atoms with Crippen LogP contribution >= 0.6 is 0 Å². The van der Waals surface area contributed by atoms with Crippen LogP contribution in [0, 0.1) is 12.3 Å². The summed E-state index contributed by atoms with van der Waals surface area (Å²) < 4.78 is 4.76. The van der Waals surface area contributed by atoms with E-state index < -0.39 is 0 Å². The fourth-order valence-electron chi connectivity index (χ4n) is 2.38. The molecule has 0 radical (unpaired) electrons. The number of aromatic nitrogens is 1. The second-order valence-corrected chi connectivity index (χ2v) is 6.39. The van der Waals surface area contributed by atoms with Crippen LogP contribution in [0.3, 0.4) is 0 Å². The van der Waals surface area contributed by atoms with E-state index in [1.807, 2.05) is 12.1 Å². The molecule has 0 aliphatic heterocycles. The number of benzene rings is 1. The molecule has 2 aromatic rings. The molecular weight excluding hydrogens is 264 g/mol. The Labute approximate surface area is 125 Å². The molecule has 0 fully saturated rings. The number of hydrogen-bond acceptors (Lipinski definition) is 3. The second-order valence-electron chi connectivity index (χ2n) is 6.39. The summed E-state index contributed by atoms with van der Waals surface area (Å²) in [4.78, 5) is 12.3. The normalized spacial score (nSPS) is 13.0. The number of carbonyl (C=O) groups excluding carboxylic acids is 1. The van der Waals surface area contributed by atoms with Gasteiger partial charge in [-0.15, -0.1) is 0 Å². The van der Waals surface area contributed by atoms with E-state index in [1.54, 1.807) is 6.07 Å². The standard InChI is InChI=1S/C17H22N2O2/c1-12-7-5-6-8-14(12)16(17(2,3)4)18-15(20)11-13-9-10-21-19-13/h5-10,16H,11H2,1-4H3,(H,18,20). The Hall–Kier alpha value is -2.10. The van der Waals surface area contributed by atoms with Gasteiger partial charge in [0, 0.05) is 6.07 Å². The third-order valence-corrected chi connectivity index (χ3v) is 3.50. The minimum Gasteiger partial charge on any atom is -0.364 e. The summed E-state index contributed by atoms with van der Waals surface area (Å²) in [6.45, 7) is 8.44. The van der Waals surface area contributed by atoms with E-state index >= 15 is 0 Å². The quantitative estimate of drug-likeness (QED) is 0.936. The zero-order chi connectivity index (χ0) is 15.5. The van der Waals surface area contributed by atoms with Crippen molar-refractivity contribution in [3.8, 4) is 0 Å². The van der Waals surface area contributed by atoms with E-state index in [0.29, 0.717) is 5.69 Å². The van der Waals surface area contributed by atoms with Gasteiger partial charge in [0.2, 0.25) is 5.91 Å². The van der Waals surface area contributed by atoms with Crippen molar-refractivity contribution in [1.29, 1.82) is 0 Å². The van der Waals surface area contributed by atoms with Gasteiger partial charge in [0.1, 0.15) is 6.26 Å². The van der Waals surface area contributed by atoms with Crippen molar-refractivity contribution in [2.24, 2.45) is 5.41 Å². The number of amides is 1. The maximum Gasteiger partial charge on any atom is 0.226 e. The molecule has 1 unspecified atom stereocenters. The molecule has 1 heterocycles. The lowest BCUT2D eigenvalue weighted by Gasteiger charge is -2.33. The van der Waals surface area contributed by atoms with Crippen LogP contribution in [0.5, 0.6) is 0 Å². The van der Waals surface area contributed by atoms with Gasteiger partial charge in [0.15, 0.2) is 0 Å². The van der Waals surface area contributed by atoms with E-state index in [1.165, 1.54) is 11.8 Å². The molecule has 21 heavy (non-hydrogen) atoms. The summed E-state index contributed by atoms with van der Waals surface area (Å²) in [6, 6.07) is 9.82. The van der Waals surface area contributed by atoms with Crippen molar-refractivity contribution in [3.63, 3.8) is 0 Å². The lowest BCUT2D eigenvalue weighted by atomic mass is 9.80. The van der Waals surface area contributed by atoms with Crippen LogP contribution in [0.1, 0.15) is 43.6 Å². The van der Waals surface area contributed by atoms with Gasteiger partial charge in [-0.1, -0.05) is 50.2 Å². The fraction of sp³-hybridized carbons (Fsp3) is 0.412. The molecule has 0 saturated carbocycles. The predicted octanol–water partition coefficient (Wildman–Crippen LogP) is 3.43. The van der Waals surface area contributed by atoms with Crippen molar-refractivity contribution in [2.75, 3.05) is 0 Å². The number of carbonyl (C=O) groups is 1. The molecule has 1 atom stereocenters. The van der Waals surface area contributed by atoms with Crippen LogP contribution in [0.15, 0.2) is 41.1 Å². The van der Waals surface area contributed by atoms with Crippen LogP contribution in [0.25, 0.3) is 0 Å². The lowest BCUT2D eigenvalue weighted by Crippen LogP contribution is -2.37. The molecule has 112 valence electrons. The maximum absolute atomic E-state index is 12.3. The highest BCUT2D eigenvalue weighted by atomic mass is 16.5. The van der Waals surface area contributed by atoms with Crippen LogP contribution < -0.4 is 5.32 Å². The Morgan fingerprint density at radius 1 is 1.29 bits per heavy atom. The molecule has 0 saturated heterocycles. The third kappa shape index (κ3) is 3.94. The molecule has 1 aromatic heterocycles. The van der Waals surface area contributed by atoms with Crippen molar-refractivity contribution in [3.05, 3.63) is 53.4 Å². The van der Waals surface area contributed by atoms with Gasteiger partial charge in [0.05, 0.1) is 18.2 Å². The first kappa shape index (κ1) is 15.3. The smallest absolute Gasteiger partial charge is 0.226 e. The van der Waals surface area contributed by atoms with E-state index in [4.69, 9.17) is 4.52 Å². The molecule has 0 aliphatic carbocycles. The number of rotatable bonds is 4. The van der Waals surface area contributed by atoms with Crippen molar-refractivity contribution >= 4 is 5.91 Å². The first-order chi connectivity index (χ1) is 9.88. The highest BCUT2D eigenvalue weighted by molar-refractivity contribution is 5.78. The number of nitrogens with zero attached hydrogens (tertiary/aromatic N) is 1. The molecule has 1 N–H and O–H groups in total. The second kappa shape index (κ2) is 6.12. The summed E-state index contributed by atoms with van der Waals surface area (Å²) in [5.41, 5.74) is 2.90. The molecule has 2 rings (SSSR count). The average molecular weight is 286 g/mol.